The Morgan fingerprint density at radius 1 is 1.48 bits per heavy atom. The first-order chi connectivity index (χ1) is 11.9. The van der Waals surface area contributed by atoms with Gasteiger partial charge in [-0.2, -0.15) is 0 Å². The van der Waals surface area contributed by atoms with Crippen molar-refractivity contribution < 1.29 is 13.9 Å². The number of benzene rings is 1. The highest BCUT2D eigenvalue weighted by Gasteiger charge is 2.22. The first-order valence-corrected chi connectivity index (χ1v) is 8.83. The van der Waals surface area contributed by atoms with E-state index in [0.717, 1.165) is 18.6 Å². The quantitative estimate of drug-likeness (QED) is 0.585. The molecule has 2 rings (SSSR count). The van der Waals surface area contributed by atoms with Gasteiger partial charge in [0.1, 0.15) is 5.82 Å². The minimum atomic E-state index is -0.222. The van der Waals surface area contributed by atoms with E-state index in [4.69, 9.17) is 9.47 Å². The van der Waals surface area contributed by atoms with E-state index in [0.29, 0.717) is 25.7 Å². The van der Waals surface area contributed by atoms with Crippen LogP contribution < -0.4 is 10.6 Å². The molecule has 0 aliphatic carbocycles. The van der Waals surface area contributed by atoms with E-state index >= 15 is 0 Å². The molecule has 0 amide bonds. The number of hydrogen-bond donors (Lipinski definition) is 2. The van der Waals surface area contributed by atoms with Crippen molar-refractivity contribution in [1.82, 2.24) is 10.6 Å². The van der Waals surface area contributed by atoms with Gasteiger partial charge < -0.3 is 20.1 Å². The van der Waals surface area contributed by atoms with E-state index in [1.165, 1.54) is 6.07 Å². The molecule has 2 atom stereocenters. The van der Waals surface area contributed by atoms with Crippen LogP contribution in [0.2, 0.25) is 0 Å². The van der Waals surface area contributed by atoms with Gasteiger partial charge in [-0.1, -0.05) is 26.0 Å². The topological polar surface area (TPSA) is 54.9 Å². The van der Waals surface area contributed by atoms with Crippen LogP contribution in [-0.4, -0.2) is 51.5 Å². The van der Waals surface area contributed by atoms with Crippen molar-refractivity contribution in [3.05, 3.63) is 35.6 Å². The highest BCUT2D eigenvalue weighted by atomic mass is 19.1. The largest absolute Gasteiger partial charge is 0.379 e. The number of hydrogen-bond acceptors (Lipinski definition) is 3. The SMILES string of the molecule is CN=C(NCC(C)(C)c1cccc(F)c1)NC(C)COC1CCOC1. The van der Waals surface area contributed by atoms with Gasteiger partial charge in [0.25, 0.3) is 0 Å². The molecule has 140 valence electrons. The van der Waals surface area contributed by atoms with Gasteiger partial charge in [-0.05, 0) is 31.0 Å². The van der Waals surface area contributed by atoms with Crippen LogP contribution in [-0.2, 0) is 14.9 Å². The lowest BCUT2D eigenvalue weighted by atomic mass is 9.84. The summed E-state index contributed by atoms with van der Waals surface area (Å²) < 4.78 is 24.6. The Kier molecular flexibility index (Phi) is 7.20. The lowest BCUT2D eigenvalue weighted by Crippen LogP contribution is -2.47. The zero-order chi connectivity index (χ0) is 18.3. The molecule has 1 heterocycles. The van der Waals surface area contributed by atoms with Crippen LogP contribution >= 0.6 is 0 Å². The fourth-order valence-corrected chi connectivity index (χ4v) is 2.71. The average molecular weight is 351 g/mol. The Hall–Kier alpha value is -1.66. The summed E-state index contributed by atoms with van der Waals surface area (Å²) >= 11 is 0. The molecule has 1 saturated heterocycles. The summed E-state index contributed by atoms with van der Waals surface area (Å²) in [6.07, 6.45) is 1.16. The first-order valence-electron chi connectivity index (χ1n) is 8.83. The van der Waals surface area contributed by atoms with Gasteiger partial charge >= 0.3 is 0 Å². The van der Waals surface area contributed by atoms with Crippen molar-refractivity contribution in [3.63, 3.8) is 0 Å². The van der Waals surface area contributed by atoms with Crippen LogP contribution in [0.5, 0.6) is 0 Å². The van der Waals surface area contributed by atoms with Gasteiger partial charge in [0.15, 0.2) is 5.96 Å². The summed E-state index contributed by atoms with van der Waals surface area (Å²) in [7, 11) is 1.74. The molecule has 2 unspecified atom stereocenters. The molecule has 5 nitrogen and oxygen atoms in total. The molecular weight excluding hydrogens is 321 g/mol. The van der Waals surface area contributed by atoms with Gasteiger partial charge in [-0.25, -0.2) is 4.39 Å². The maximum absolute atomic E-state index is 13.5. The summed E-state index contributed by atoms with van der Waals surface area (Å²) in [4.78, 5) is 4.26. The van der Waals surface area contributed by atoms with Crippen molar-refractivity contribution in [1.29, 1.82) is 0 Å². The molecule has 1 aliphatic rings. The van der Waals surface area contributed by atoms with Crippen LogP contribution in [0.25, 0.3) is 0 Å². The number of guanidine groups is 1. The third kappa shape index (κ3) is 6.29. The molecule has 1 aliphatic heterocycles. The van der Waals surface area contributed by atoms with Crippen molar-refractivity contribution in [2.24, 2.45) is 4.99 Å². The third-order valence-electron chi connectivity index (χ3n) is 4.38. The van der Waals surface area contributed by atoms with E-state index in [-0.39, 0.29) is 23.4 Å². The molecule has 2 N–H and O–H groups in total. The predicted octanol–water partition coefficient (Wildman–Crippen LogP) is 2.46. The van der Waals surface area contributed by atoms with E-state index in [9.17, 15) is 4.39 Å². The van der Waals surface area contributed by atoms with Gasteiger partial charge in [-0.15, -0.1) is 0 Å². The number of ether oxygens (including phenoxy) is 2. The highest BCUT2D eigenvalue weighted by Crippen LogP contribution is 2.22. The zero-order valence-electron chi connectivity index (χ0n) is 15.6. The van der Waals surface area contributed by atoms with Crippen LogP contribution in [0.15, 0.2) is 29.3 Å². The normalized spacial score (nSPS) is 19.7. The molecule has 0 saturated carbocycles. The smallest absolute Gasteiger partial charge is 0.191 e. The first kappa shape index (κ1) is 19.7. The Labute approximate surface area is 150 Å². The molecule has 0 radical (unpaired) electrons. The second kappa shape index (κ2) is 9.15. The Bertz CT molecular complexity index is 572. The monoisotopic (exact) mass is 351 g/mol. The van der Waals surface area contributed by atoms with Gasteiger partial charge in [0.2, 0.25) is 0 Å². The number of rotatable bonds is 7. The summed E-state index contributed by atoms with van der Waals surface area (Å²) in [5, 5.41) is 6.65. The van der Waals surface area contributed by atoms with Gasteiger partial charge in [0.05, 0.1) is 19.3 Å². The van der Waals surface area contributed by atoms with Crippen LogP contribution in [0, 0.1) is 5.82 Å². The summed E-state index contributed by atoms with van der Waals surface area (Å²) in [5.41, 5.74) is 0.730. The zero-order valence-corrected chi connectivity index (χ0v) is 15.6. The molecule has 1 aromatic rings. The fraction of sp³-hybridized carbons (Fsp3) is 0.632. The van der Waals surface area contributed by atoms with Gasteiger partial charge in [0, 0.05) is 31.7 Å². The van der Waals surface area contributed by atoms with Crippen molar-refractivity contribution in [2.75, 3.05) is 33.4 Å². The summed E-state index contributed by atoms with van der Waals surface area (Å²) in [6.45, 7) is 8.92. The van der Waals surface area contributed by atoms with E-state index in [1.54, 1.807) is 19.2 Å². The molecular formula is C19H30FN3O2. The molecule has 6 heteroatoms. The highest BCUT2D eigenvalue weighted by molar-refractivity contribution is 5.80. The lowest BCUT2D eigenvalue weighted by Gasteiger charge is -2.27. The Balaban J connectivity index is 1.80. The van der Waals surface area contributed by atoms with Crippen molar-refractivity contribution in [3.8, 4) is 0 Å². The number of halogens is 1. The minimum absolute atomic E-state index is 0.129. The molecule has 0 spiro atoms. The van der Waals surface area contributed by atoms with E-state index < -0.39 is 0 Å². The van der Waals surface area contributed by atoms with Crippen molar-refractivity contribution in [2.45, 2.75) is 44.8 Å². The minimum Gasteiger partial charge on any atom is -0.379 e. The Morgan fingerprint density at radius 3 is 2.92 bits per heavy atom. The lowest BCUT2D eigenvalue weighted by molar-refractivity contribution is 0.0347. The second-order valence-corrected chi connectivity index (χ2v) is 7.18. The molecule has 1 fully saturated rings. The Morgan fingerprint density at radius 2 is 2.28 bits per heavy atom. The van der Waals surface area contributed by atoms with E-state index in [2.05, 4.69) is 36.4 Å². The van der Waals surface area contributed by atoms with Crippen LogP contribution in [0.1, 0.15) is 32.8 Å². The standard InChI is InChI=1S/C19H30FN3O2/c1-14(11-25-17-8-9-24-12-17)23-18(21-4)22-13-19(2,3)15-6-5-7-16(20)10-15/h5-7,10,14,17H,8-9,11-13H2,1-4H3,(H2,21,22,23). The predicted molar refractivity (Wildman–Crippen MR) is 98.6 cm³/mol. The van der Waals surface area contributed by atoms with Crippen LogP contribution in [0.3, 0.4) is 0 Å². The molecule has 0 aromatic heterocycles. The summed E-state index contributed by atoms with van der Waals surface area (Å²) in [6, 6.07) is 6.86. The molecule has 0 bridgehead atoms. The average Bonchev–Trinajstić information content (AvgIpc) is 3.10. The van der Waals surface area contributed by atoms with E-state index in [1.807, 2.05) is 6.07 Å². The number of nitrogens with one attached hydrogen (secondary N) is 2. The third-order valence-corrected chi connectivity index (χ3v) is 4.38. The van der Waals surface area contributed by atoms with Crippen molar-refractivity contribution >= 4 is 5.96 Å². The fourth-order valence-electron chi connectivity index (χ4n) is 2.71. The summed E-state index contributed by atoms with van der Waals surface area (Å²) in [5.74, 6) is 0.498. The molecule has 25 heavy (non-hydrogen) atoms. The van der Waals surface area contributed by atoms with Crippen LogP contribution in [0.4, 0.5) is 4.39 Å². The maximum atomic E-state index is 13.5. The number of nitrogens with zero attached hydrogens (tertiary/aromatic N) is 1. The number of aliphatic imine (C=N–C) groups is 1. The second-order valence-electron chi connectivity index (χ2n) is 7.18. The maximum Gasteiger partial charge on any atom is 0.191 e. The van der Waals surface area contributed by atoms with Gasteiger partial charge in [-0.3, -0.25) is 4.99 Å². The molecule has 1 aromatic carbocycles.